The Labute approximate surface area is 133 Å². The molecule has 2 unspecified atom stereocenters. The number of rotatable bonds is 7. The number of aliphatic hydroxyl groups excluding tert-OH is 1. The van der Waals surface area contributed by atoms with Crippen LogP contribution in [0.15, 0.2) is 0 Å². The van der Waals surface area contributed by atoms with Crippen molar-refractivity contribution in [2.24, 2.45) is 0 Å². The molecule has 1 saturated heterocycles. The zero-order chi connectivity index (χ0) is 18.3. The summed E-state index contributed by atoms with van der Waals surface area (Å²) < 4.78 is 62.5. The lowest BCUT2D eigenvalue weighted by atomic mass is 10.1. The number of aliphatic hydroxyl groups is 1. The predicted molar refractivity (Wildman–Crippen MR) is 69.9 cm³/mol. The summed E-state index contributed by atoms with van der Waals surface area (Å²) in [5.41, 5.74) is 0. The molecule has 0 saturated carbocycles. The van der Waals surface area contributed by atoms with Crippen molar-refractivity contribution in [3.63, 3.8) is 0 Å². The number of alkyl halides is 2. The number of hydrogen-bond acceptors (Lipinski definition) is 8. The van der Waals surface area contributed by atoms with E-state index in [9.17, 15) is 28.1 Å². The number of hydrogen-bond donors (Lipinski definition) is 5. The van der Waals surface area contributed by atoms with Crippen LogP contribution in [-0.2, 0) is 31.6 Å². The maximum atomic E-state index is 13.7. The van der Waals surface area contributed by atoms with E-state index < -0.39 is 53.5 Å². The highest BCUT2D eigenvalue weighted by Gasteiger charge is 2.54. The van der Waals surface area contributed by atoms with Crippen LogP contribution in [0.1, 0.15) is 6.92 Å². The first kappa shape index (κ1) is 21.6. The van der Waals surface area contributed by atoms with Gasteiger partial charge >= 0.3 is 23.5 Å². The summed E-state index contributed by atoms with van der Waals surface area (Å²) in [7, 11) is -16.5. The third kappa shape index (κ3) is 6.41. The SMILES string of the molecule is C[C@@H]1O[C@H](COP(=O)(O)OP(=O)(O)OP(=O)(O)O)[C@@H](O)[C@]1(F)Cl. The van der Waals surface area contributed by atoms with Crippen molar-refractivity contribution >= 4 is 35.1 Å². The summed E-state index contributed by atoms with van der Waals surface area (Å²) in [6, 6.07) is 0. The molecule has 0 aromatic rings. The summed E-state index contributed by atoms with van der Waals surface area (Å²) in [5, 5.41) is 6.82. The third-order valence-corrected chi connectivity index (χ3v) is 6.82. The molecule has 17 heteroatoms. The molecule has 12 nitrogen and oxygen atoms in total. The standard InChI is InChI=1S/C6H13ClFO12P3/c1-3-6(7,8)5(9)4(18-3)2-17-22(13,14)20-23(15,16)19-21(10,11)12/h3-5,9H,2H2,1H3,(H,13,14)(H,15,16)(H2,10,11,12)/t3-,4+,5+,6-/m0/s1. The van der Waals surface area contributed by atoms with Gasteiger partial charge in [-0.25, -0.2) is 18.1 Å². The van der Waals surface area contributed by atoms with Gasteiger partial charge in [-0.3, -0.25) is 4.52 Å². The first-order valence-electron chi connectivity index (χ1n) is 5.55. The molecule has 0 spiro atoms. The second-order valence-corrected chi connectivity index (χ2v) is 9.32. The molecule has 1 heterocycles. The van der Waals surface area contributed by atoms with Crippen LogP contribution < -0.4 is 0 Å². The smallest absolute Gasteiger partial charge is 0.386 e. The second kappa shape index (κ2) is 7.05. The van der Waals surface area contributed by atoms with Gasteiger partial charge in [-0.2, -0.15) is 8.62 Å². The van der Waals surface area contributed by atoms with Crippen molar-refractivity contribution < 1.29 is 60.6 Å². The van der Waals surface area contributed by atoms with Crippen LogP contribution in [0.25, 0.3) is 0 Å². The molecule has 0 aromatic heterocycles. The molecule has 1 rings (SSSR count). The highest BCUT2D eigenvalue weighted by atomic mass is 35.5. The number of ether oxygens (including phenoxy) is 1. The molecule has 6 atom stereocenters. The van der Waals surface area contributed by atoms with Crippen LogP contribution in [0.4, 0.5) is 4.39 Å². The molecule has 0 radical (unpaired) electrons. The van der Waals surface area contributed by atoms with Crippen molar-refractivity contribution in [2.75, 3.05) is 6.61 Å². The van der Waals surface area contributed by atoms with Crippen LogP contribution in [0.2, 0.25) is 0 Å². The van der Waals surface area contributed by atoms with E-state index >= 15 is 0 Å². The summed E-state index contributed by atoms with van der Waals surface area (Å²) in [6.07, 6.45) is -4.77. The molecule has 0 bridgehead atoms. The van der Waals surface area contributed by atoms with Gasteiger partial charge in [-0.05, 0) is 6.92 Å². The average molecular weight is 425 g/mol. The van der Waals surface area contributed by atoms with Crippen molar-refractivity contribution in [1.82, 2.24) is 0 Å². The van der Waals surface area contributed by atoms with E-state index in [0.717, 1.165) is 0 Å². The maximum absolute atomic E-state index is 13.7. The Morgan fingerprint density at radius 3 is 2.09 bits per heavy atom. The van der Waals surface area contributed by atoms with Crippen molar-refractivity contribution in [2.45, 2.75) is 30.4 Å². The first-order chi connectivity index (χ1) is 10.1. The fraction of sp³-hybridized carbons (Fsp3) is 1.00. The topological polar surface area (TPSA) is 189 Å². The van der Waals surface area contributed by atoms with Gasteiger partial charge in [-0.15, -0.1) is 0 Å². The Bertz CT molecular complexity index is 577. The summed E-state index contributed by atoms with van der Waals surface area (Å²) in [6.45, 7) is 0.175. The molecule has 0 aliphatic carbocycles. The van der Waals surface area contributed by atoms with E-state index in [0.29, 0.717) is 0 Å². The van der Waals surface area contributed by atoms with Gasteiger partial charge in [0.1, 0.15) is 18.3 Å². The lowest BCUT2D eigenvalue weighted by Crippen LogP contribution is -2.38. The number of halogens is 2. The zero-order valence-corrected chi connectivity index (χ0v) is 14.6. The summed E-state index contributed by atoms with van der Waals surface area (Å²) in [4.78, 5) is 34.7. The van der Waals surface area contributed by atoms with Crippen molar-refractivity contribution in [1.29, 1.82) is 0 Å². The Morgan fingerprint density at radius 1 is 1.17 bits per heavy atom. The van der Waals surface area contributed by atoms with E-state index in [1.165, 1.54) is 6.92 Å². The molecule has 5 N–H and O–H groups in total. The van der Waals surface area contributed by atoms with Gasteiger partial charge < -0.3 is 29.4 Å². The minimum atomic E-state index is -5.65. The predicted octanol–water partition coefficient (Wildman–Crippen LogP) is 0.382. The van der Waals surface area contributed by atoms with E-state index in [4.69, 9.17) is 31.0 Å². The highest BCUT2D eigenvalue weighted by Crippen LogP contribution is 2.66. The van der Waals surface area contributed by atoms with Gasteiger partial charge in [0.2, 0.25) is 5.13 Å². The quantitative estimate of drug-likeness (QED) is 0.279. The van der Waals surface area contributed by atoms with E-state index in [1.807, 2.05) is 0 Å². The fourth-order valence-corrected chi connectivity index (χ4v) is 4.74. The van der Waals surface area contributed by atoms with Crippen LogP contribution in [0, 0.1) is 0 Å². The lowest BCUT2D eigenvalue weighted by Gasteiger charge is -2.20. The molecule has 1 aliphatic heterocycles. The zero-order valence-electron chi connectivity index (χ0n) is 11.1. The number of phosphoric acid groups is 3. The Morgan fingerprint density at radius 2 is 1.70 bits per heavy atom. The van der Waals surface area contributed by atoms with Gasteiger partial charge in [0, 0.05) is 0 Å². The van der Waals surface area contributed by atoms with E-state index in [-0.39, 0.29) is 0 Å². The van der Waals surface area contributed by atoms with Crippen molar-refractivity contribution in [3.8, 4) is 0 Å². The molecular weight excluding hydrogens is 411 g/mol. The molecule has 0 amide bonds. The highest BCUT2D eigenvalue weighted by molar-refractivity contribution is 7.66. The average Bonchev–Trinajstić information content (AvgIpc) is 2.45. The molecular formula is C6H13ClFO12P3. The summed E-state index contributed by atoms with van der Waals surface area (Å²) in [5.74, 6) is 0. The second-order valence-electron chi connectivity index (χ2n) is 4.32. The largest absolute Gasteiger partial charge is 0.490 e. The third-order valence-electron chi connectivity index (χ3n) is 2.49. The van der Waals surface area contributed by atoms with Gasteiger partial charge in [0.15, 0.2) is 0 Å². The Balaban J connectivity index is 2.65. The molecule has 138 valence electrons. The fourth-order valence-electron chi connectivity index (χ4n) is 1.52. The molecule has 1 aliphatic rings. The normalized spacial score (nSPS) is 37.3. The van der Waals surface area contributed by atoms with Crippen LogP contribution in [0.3, 0.4) is 0 Å². The monoisotopic (exact) mass is 424 g/mol. The Kier molecular flexibility index (Phi) is 6.62. The minimum absolute atomic E-state index is 0.992. The summed E-state index contributed by atoms with van der Waals surface area (Å²) >= 11 is 5.34. The minimum Gasteiger partial charge on any atom is -0.386 e. The maximum Gasteiger partial charge on any atom is 0.490 e. The van der Waals surface area contributed by atoms with Crippen LogP contribution in [0.5, 0.6) is 0 Å². The molecule has 23 heavy (non-hydrogen) atoms. The van der Waals surface area contributed by atoms with Crippen molar-refractivity contribution in [3.05, 3.63) is 0 Å². The van der Waals surface area contributed by atoms with E-state index in [1.54, 1.807) is 0 Å². The first-order valence-corrected chi connectivity index (χ1v) is 10.5. The van der Waals surface area contributed by atoms with Gasteiger partial charge in [0.05, 0.1) is 6.61 Å². The van der Waals surface area contributed by atoms with Gasteiger partial charge in [-0.1, -0.05) is 11.6 Å². The number of phosphoric ester groups is 1. The Hall–Kier alpha value is 0.550. The lowest BCUT2D eigenvalue weighted by molar-refractivity contribution is -0.0168. The van der Waals surface area contributed by atoms with Crippen LogP contribution >= 0.6 is 35.1 Å². The molecule has 0 aromatic carbocycles. The van der Waals surface area contributed by atoms with E-state index in [2.05, 4.69) is 13.1 Å². The van der Waals surface area contributed by atoms with Crippen LogP contribution in [-0.4, -0.2) is 54.7 Å². The molecule has 1 fully saturated rings. The van der Waals surface area contributed by atoms with Gasteiger partial charge in [0.25, 0.3) is 0 Å².